The second kappa shape index (κ2) is 6.80. The lowest BCUT2D eigenvalue weighted by molar-refractivity contribution is -0.137. The van der Waals surface area contributed by atoms with Crippen LogP contribution in [0.3, 0.4) is 0 Å². The molecule has 4 rings (SSSR count). The first-order valence-corrected chi connectivity index (χ1v) is 8.23. The molecule has 0 aliphatic heterocycles. The van der Waals surface area contributed by atoms with Gasteiger partial charge >= 0.3 is 6.18 Å². The molecule has 0 amide bonds. The Bertz CT molecular complexity index is 1130. The molecule has 1 aromatic carbocycles. The lowest BCUT2D eigenvalue weighted by Gasteiger charge is -2.09. The summed E-state index contributed by atoms with van der Waals surface area (Å²) in [5.74, 6) is 0.783. The molecule has 0 fully saturated rings. The van der Waals surface area contributed by atoms with E-state index in [0.29, 0.717) is 34.8 Å². The van der Waals surface area contributed by atoms with E-state index in [1.165, 1.54) is 18.5 Å². The molecule has 0 spiro atoms. The van der Waals surface area contributed by atoms with Gasteiger partial charge < -0.3 is 11.1 Å². The fourth-order valence-corrected chi connectivity index (χ4v) is 2.74. The van der Waals surface area contributed by atoms with Crippen molar-refractivity contribution in [3.05, 3.63) is 66.2 Å². The molecule has 0 bridgehead atoms. The Labute approximate surface area is 161 Å². The van der Waals surface area contributed by atoms with Crippen LogP contribution in [0.15, 0.2) is 55.1 Å². The normalized spacial score (nSPS) is 11.7. The predicted molar refractivity (Wildman–Crippen MR) is 104 cm³/mol. The van der Waals surface area contributed by atoms with Crippen molar-refractivity contribution < 1.29 is 17.5 Å². The first kappa shape index (κ1) is 17.7. The number of aromatic nitrogens is 5. The minimum Gasteiger partial charge on any atom is -0.382 e. The molecular weight excluding hydrogens is 371 g/mol. The van der Waals surface area contributed by atoms with Crippen molar-refractivity contribution in [3.63, 3.8) is 0 Å². The molecular formula is C18H20F3N7. The number of nitrogens with zero attached hydrogens (tertiary/aromatic N) is 5. The van der Waals surface area contributed by atoms with Crippen LogP contribution in [0.5, 0.6) is 0 Å². The number of alkyl halides is 3. The molecule has 0 aliphatic carbocycles. The number of hydrogen-bond donors (Lipinski definition) is 2. The van der Waals surface area contributed by atoms with Crippen molar-refractivity contribution in [2.45, 2.75) is 12.7 Å². The van der Waals surface area contributed by atoms with Crippen LogP contribution in [0.25, 0.3) is 16.9 Å². The van der Waals surface area contributed by atoms with Crippen LogP contribution in [0.4, 0.5) is 24.8 Å². The van der Waals surface area contributed by atoms with Gasteiger partial charge in [-0.3, -0.25) is 0 Å². The zero-order chi connectivity index (χ0) is 19.7. The number of anilines is 2. The maximum atomic E-state index is 12.6. The number of fused-ring (bicyclic) bond motifs is 1. The van der Waals surface area contributed by atoms with Crippen molar-refractivity contribution in [1.82, 2.24) is 24.6 Å². The molecule has 3 N–H and O–H groups in total. The second-order valence-corrected chi connectivity index (χ2v) is 5.98. The van der Waals surface area contributed by atoms with Gasteiger partial charge in [0.15, 0.2) is 11.5 Å². The summed E-state index contributed by atoms with van der Waals surface area (Å²) in [5.41, 5.74) is 7.69. The third kappa shape index (κ3) is 3.43. The third-order valence-corrected chi connectivity index (χ3v) is 4.10. The van der Waals surface area contributed by atoms with Crippen LogP contribution in [-0.2, 0) is 12.7 Å². The molecule has 4 aromatic rings. The fraction of sp³-hybridized carbons (Fsp3) is 0.111. The molecule has 0 aliphatic rings. The number of nitrogens with two attached hydrogens (primary N) is 1. The van der Waals surface area contributed by atoms with E-state index in [1.54, 1.807) is 29.0 Å². The molecule has 10 heteroatoms. The molecule has 7 nitrogen and oxygen atoms in total. The highest BCUT2D eigenvalue weighted by molar-refractivity contribution is 5.84. The number of benzene rings is 1. The molecule has 0 radical (unpaired) electrons. The van der Waals surface area contributed by atoms with Gasteiger partial charge in [0.1, 0.15) is 12.1 Å². The highest BCUT2D eigenvalue weighted by atomic mass is 19.4. The standard InChI is InChI=1S/C18H14F3N7.3H2/c19-18(20,21)12-4-2-11(3-5-12)9-24-14-8-13(25-10-26-14)15-16(22)27-28-7-1-6-23-17(15)28;;;/h1-8,10H,9H2,(H2,22,27)(H,24,25,26);3*1H. The van der Waals surface area contributed by atoms with Crippen LogP contribution in [0, 0.1) is 0 Å². The van der Waals surface area contributed by atoms with Gasteiger partial charge in [0.25, 0.3) is 0 Å². The summed E-state index contributed by atoms with van der Waals surface area (Å²) < 4.78 is 39.5. The Kier molecular flexibility index (Phi) is 4.30. The van der Waals surface area contributed by atoms with Crippen molar-refractivity contribution >= 4 is 17.3 Å². The lowest BCUT2D eigenvalue weighted by atomic mass is 10.1. The summed E-state index contributed by atoms with van der Waals surface area (Å²) in [4.78, 5) is 12.7. The van der Waals surface area contributed by atoms with Gasteiger partial charge in [-0.1, -0.05) is 12.1 Å². The summed E-state index contributed by atoms with van der Waals surface area (Å²) in [6, 6.07) is 8.37. The Balaban J connectivity index is 0.00000160. The highest BCUT2D eigenvalue weighted by Crippen LogP contribution is 2.30. The second-order valence-electron chi connectivity index (χ2n) is 5.98. The average molecular weight is 391 g/mol. The Morgan fingerprint density at radius 1 is 1.11 bits per heavy atom. The topological polar surface area (TPSA) is 94.0 Å². The van der Waals surface area contributed by atoms with E-state index in [2.05, 4.69) is 25.4 Å². The Morgan fingerprint density at radius 3 is 2.64 bits per heavy atom. The monoisotopic (exact) mass is 391 g/mol. The number of hydrogen-bond acceptors (Lipinski definition) is 6. The fourth-order valence-electron chi connectivity index (χ4n) is 2.74. The van der Waals surface area contributed by atoms with E-state index in [0.717, 1.165) is 12.1 Å². The quantitative estimate of drug-likeness (QED) is 0.543. The van der Waals surface area contributed by atoms with Crippen molar-refractivity contribution in [2.75, 3.05) is 11.1 Å². The molecule has 3 heterocycles. The first-order chi connectivity index (χ1) is 13.4. The summed E-state index contributed by atoms with van der Waals surface area (Å²) in [6.07, 6.45) is 0.379. The first-order valence-electron chi connectivity index (χ1n) is 8.23. The largest absolute Gasteiger partial charge is 0.416 e. The smallest absolute Gasteiger partial charge is 0.382 e. The van der Waals surface area contributed by atoms with E-state index < -0.39 is 11.7 Å². The minimum atomic E-state index is -4.35. The minimum absolute atomic E-state index is 0. The maximum Gasteiger partial charge on any atom is 0.416 e. The molecule has 0 atom stereocenters. The van der Waals surface area contributed by atoms with Crippen LogP contribution in [0.1, 0.15) is 15.4 Å². The summed E-state index contributed by atoms with van der Waals surface area (Å²) >= 11 is 0. The van der Waals surface area contributed by atoms with Crippen molar-refractivity contribution in [2.24, 2.45) is 0 Å². The zero-order valence-corrected chi connectivity index (χ0v) is 14.4. The molecule has 0 unspecified atom stereocenters. The Morgan fingerprint density at radius 2 is 1.89 bits per heavy atom. The van der Waals surface area contributed by atoms with Gasteiger partial charge in [-0.15, -0.1) is 5.10 Å². The van der Waals surface area contributed by atoms with E-state index in [-0.39, 0.29) is 10.1 Å². The highest BCUT2D eigenvalue weighted by Gasteiger charge is 2.29. The summed E-state index contributed by atoms with van der Waals surface area (Å²) in [7, 11) is 0. The van der Waals surface area contributed by atoms with Gasteiger partial charge in [0.05, 0.1) is 16.8 Å². The van der Waals surface area contributed by atoms with Gasteiger partial charge in [-0.2, -0.15) is 13.2 Å². The number of nitrogen functional groups attached to an aromatic ring is 1. The van der Waals surface area contributed by atoms with Gasteiger partial charge in [-0.05, 0) is 23.8 Å². The van der Waals surface area contributed by atoms with Crippen LogP contribution >= 0.6 is 0 Å². The van der Waals surface area contributed by atoms with Gasteiger partial charge in [-0.25, -0.2) is 19.5 Å². The van der Waals surface area contributed by atoms with Crippen LogP contribution in [0.2, 0.25) is 0 Å². The summed E-state index contributed by atoms with van der Waals surface area (Å²) in [6.45, 7) is 0.303. The molecule has 148 valence electrons. The van der Waals surface area contributed by atoms with Crippen LogP contribution < -0.4 is 11.1 Å². The number of halogens is 3. The number of nitrogens with one attached hydrogen (secondary N) is 1. The molecule has 0 saturated carbocycles. The van der Waals surface area contributed by atoms with Crippen molar-refractivity contribution in [3.8, 4) is 11.3 Å². The SMILES string of the molecule is Nc1nn2cccnc2c1-c1cc(NCc2ccc(C(F)(F)F)cc2)ncn1.[HH].[HH].[HH]. The van der Waals surface area contributed by atoms with E-state index in [9.17, 15) is 13.2 Å². The zero-order valence-electron chi connectivity index (χ0n) is 14.4. The summed E-state index contributed by atoms with van der Waals surface area (Å²) in [5, 5.41) is 7.27. The van der Waals surface area contributed by atoms with E-state index in [1.807, 2.05) is 0 Å². The lowest BCUT2D eigenvalue weighted by Crippen LogP contribution is -2.06. The Hall–Kier alpha value is -3.69. The van der Waals surface area contributed by atoms with E-state index in [4.69, 9.17) is 5.73 Å². The average Bonchev–Trinajstić information content (AvgIpc) is 3.02. The van der Waals surface area contributed by atoms with Gasteiger partial charge in [0, 0.05) is 29.3 Å². The third-order valence-electron chi connectivity index (χ3n) is 4.10. The maximum absolute atomic E-state index is 12.6. The predicted octanol–water partition coefficient (Wildman–Crippen LogP) is 4.14. The molecule has 28 heavy (non-hydrogen) atoms. The van der Waals surface area contributed by atoms with E-state index >= 15 is 0 Å². The van der Waals surface area contributed by atoms with Crippen molar-refractivity contribution in [1.29, 1.82) is 0 Å². The molecule has 0 saturated heterocycles. The van der Waals surface area contributed by atoms with Gasteiger partial charge in [0.2, 0.25) is 0 Å². The van der Waals surface area contributed by atoms with Crippen LogP contribution in [-0.4, -0.2) is 24.6 Å². The number of rotatable bonds is 4. The molecule has 3 aromatic heterocycles.